The fourth-order valence-electron chi connectivity index (χ4n) is 2.88. The van der Waals surface area contributed by atoms with E-state index in [0.717, 1.165) is 29.3 Å². The van der Waals surface area contributed by atoms with Crippen LogP contribution in [0.4, 0.5) is 8.78 Å². The molecule has 24 heavy (non-hydrogen) atoms. The summed E-state index contributed by atoms with van der Waals surface area (Å²) in [5.41, 5.74) is 1.61. The number of likely N-dealkylation sites (N-methyl/N-ethyl adjacent to an activating group) is 1. The second-order valence-electron chi connectivity index (χ2n) is 5.74. The van der Waals surface area contributed by atoms with Crippen molar-refractivity contribution in [1.29, 1.82) is 0 Å². The predicted octanol–water partition coefficient (Wildman–Crippen LogP) is 2.34. The SMILES string of the molecule is CN1C(=O)Cc2ccccc2[C@@H]1C(=O)NCc1cc(F)ccc1F. The Bertz CT molecular complexity index is 807. The first-order chi connectivity index (χ1) is 11.5. The Morgan fingerprint density at radius 3 is 2.79 bits per heavy atom. The zero-order valence-electron chi connectivity index (χ0n) is 13.1. The van der Waals surface area contributed by atoms with Gasteiger partial charge in [-0.25, -0.2) is 8.78 Å². The highest BCUT2D eigenvalue weighted by Gasteiger charge is 2.34. The van der Waals surface area contributed by atoms with Crippen LogP contribution in [0.1, 0.15) is 22.7 Å². The maximum Gasteiger partial charge on any atom is 0.247 e. The second-order valence-corrected chi connectivity index (χ2v) is 5.74. The first-order valence-corrected chi connectivity index (χ1v) is 7.52. The number of hydrogen-bond donors (Lipinski definition) is 1. The van der Waals surface area contributed by atoms with Crippen LogP contribution in [0.25, 0.3) is 0 Å². The lowest BCUT2D eigenvalue weighted by Crippen LogP contribution is -2.45. The van der Waals surface area contributed by atoms with Crippen LogP contribution in [0.15, 0.2) is 42.5 Å². The van der Waals surface area contributed by atoms with Gasteiger partial charge in [-0.2, -0.15) is 0 Å². The molecule has 1 aliphatic heterocycles. The summed E-state index contributed by atoms with van der Waals surface area (Å²) >= 11 is 0. The second kappa shape index (κ2) is 6.39. The first-order valence-electron chi connectivity index (χ1n) is 7.52. The van der Waals surface area contributed by atoms with Crippen LogP contribution in [0, 0.1) is 11.6 Å². The van der Waals surface area contributed by atoms with E-state index in [2.05, 4.69) is 5.32 Å². The van der Waals surface area contributed by atoms with Gasteiger partial charge in [-0.3, -0.25) is 9.59 Å². The topological polar surface area (TPSA) is 49.4 Å². The van der Waals surface area contributed by atoms with E-state index in [4.69, 9.17) is 0 Å². The molecule has 0 spiro atoms. The van der Waals surface area contributed by atoms with Crippen molar-refractivity contribution in [3.05, 3.63) is 70.8 Å². The first kappa shape index (κ1) is 16.1. The fraction of sp³-hybridized carbons (Fsp3) is 0.222. The third-order valence-corrected chi connectivity index (χ3v) is 4.18. The standard InChI is InChI=1S/C18H16F2N2O2/c1-22-16(23)9-11-4-2-3-5-14(11)17(22)18(24)21-10-12-8-13(19)6-7-15(12)20/h2-8,17H,9-10H2,1H3,(H,21,24)/t17-/m1/s1. The van der Waals surface area contributed by atoms with E-state index in [0.29, 0.717) is 0 Å². The monoisotopic (exact) mass is 330 g/mol. The number of nitrogens with zero attached hydrogens (tertiary/aromatic N) is 1. The molecule has 124 valence electrons. The molecule has 1 heterocycles. The minimum atomic E-state index is -0.779. The molecule has 1 atom stereocenters. The van der Waals surface area contributed by atoms with Crippen molar-refractivity contribution < 1.29 is 18.4 Å². The third kappa shape index (κ3) is 2.99. The molecule has 0 saturated heterocycles. The van der Waals surface area contributed by atoms with Crippen molar-refractivity contribution >= 4 is 11.8 Å². The van der Waals surface area contributed by atoms with Gasteiger partial charge < -0.3 is 10.2 Å². The number of amides is 2. The Kier molecular flexibility index (Phi) is 4.29. The molecule has 0 radical (unpaired) electrons. The minimum absolute atomic E-state index is 0.0569. The summed E-state index contributed by atoms with van der Waals surface area (Å²) in [4.78, 5) is 26.0. The molecule has 6 heteroatoms. The van der Waals surface area contributed by atoms with Gasteiger partial charge in [-0.15, -0.1) is 0 Å². The van der Waals surface area contributed by atoms with Crippen molar-refractivity contribution in [3.63, 3.8) is 0 Å². The number of halogens is 2. The Labute approximate surface area is 138 Å². The van der Waals surface area contributed by atoms with Crippen LogP contribution in [0.2, 0.25) is 0 Å². The molecule has 0 unspecified atom stereocenters. The largest absolute Gasteiger partial charge is 0.350 e. The van der Waals surface area contributed by atoms with E-state index < -0.39 is 23.6 Å². The van der Waals surface area contributed by atoms with Crippen LogP contribution >= 0.6 is 0 Å². The maximum atomic E-state index is 13.7. The van der Waals surface area contributed by atoms with Crippen molar-refractivity contribution in [2.75, 3.05) is 7.05 Å². The van der Waals surface area contributed by atoms with E-state index in [1.807, 2.05) is 12.1 Å². The van der Waals surface area contributed by atoms with Gasteiger partial charge in [-0.05, 0) is 29.3 Å². The number of carbonyl (C=O) groups is 2. The van der Waals surface area contributed by atoms with Crippen LogP contribution in [-0.2, 0) is 22.6 Å². The molecule has 2 amide bonds. The predicted molar refractivity (Wildman–Crippen MR) is 83.9 cm³/mol. The van der Waals surface area contributed by atoms with E-state index >= 15 is 0 Å². The molecule has 3 rings (SSSR count). The zero-order chi connectivity index (χ0) is 17.3. The summed E-state index contributed by atoms with van der Waals surface area (Å²) in [5, 5.41) is 2.59. The smallest absolute Gasteiger partial charge is 0.247 e. The molecule has 2 aromatic carbocycles. The van der Waals surface area contributed by atoms with Crippen molar-refractivity contribution in [1.82, 2.24) is 10.2 Å². The van der Waals surface area contributed by atoms with Gasteiger partial charge in [-0.1, -0.05) is 24.3 Å². The van der Waals surface area contributed by atoms with E-state index in [1.165, 1.54) is 4.90 Å². The van der Waals surface area contributed by atoms with Crippen LogP contribution in [-0.4, -0.2) is 23.8 Å². The van der Waals surface area contributed by atoms with Crippen molar-refractivity contribution in [2.24, 2.45) is 0 Å². The van der Waals surface area contributed by atoms with Crippen LogP contribution in [0.3, 0.4) is 0 Å². The minimum Gasteiger partial charge on any atom is -0.350 e. The summed E-state index contributed by atoms with van der Waals surface area (Å²) in [6.45, 7) is -0.150. The zero-order valence-corrected chi connectivity index (χ0v) is 13.1. The number of benzene rings is 2. The molecular weight excluding hydrogens is 314 g/mol. The maximum absolute atomic E-state index is 13.7. The number of carbonyl (C=O) groups excluding carboxylic acids is 2. The van der Waals surface area contributed by atoms with Gasteiger partial charge >= 0.3 is 0 Å². The summed E-state index contributed by atoms with van der Waals surface area (Å²) in [6, 6.07) is 9.52. The van der Waals surface area contributed by atoms with Gasteiger partial charge in [0.2, 0.25) is 11.8 Å². The summed E-state index contributed by atoms with van der Waals surface area (Å²) in [5.74, 6) is -1.76. The Balaban J connectivity index is 1.81. The molecule has 1 N–H and O–H groups in total. The van der Waals surface area contributed by atoms with Gasteiger partial charge in [0.25, 0.3) is 0 Å². The highest BCUT2D eigenvalue weighted by molar-refractivity contribution is 5.92. The number of hydrogen-bond acceptors (Lipinski definition) is 2. The molecule has 0 saturated carbocycles. The van der Waals surface area contributed by atoms with Crippen molar-refractivity contribution in [2.45, 2.75) is 19.0 Å². The Morgan fingerprint density at radius 1 is 1.25 bits per heavy atom. The van der Waals surface area contributed by atoms with Crippen molar-refractivity contribution in [3.8, 4) is 0 Å². The fourth-order valence-corrected chi connectivity index (χ4v) is 2.88. The molecule has 0 fully saturated rings. The third-order valence-electron chi connectivity index (χ3n) is 4.18. The van der Waals surface area contributed by atoms with Crippen LogP contribution < -0.4 is 5.32 Å². The molecule has 0 bridgehead atoms. The molecule has 4 nitrogen and oxygen atoms in total. The summed E-state index contributed by atoms with van der Waals surface area (Å²) in [7, 11) is 1.56. The molecule has 1 aliphatic rings. The van der Waals surface area contributed by atoms with E-state index in [-0.39, 0.29) is 24.4 Å². The summed E-state index contributed by atoms with van der Waals surface area (Å²) < 4.78 is 26.9. The van der Waals surface area contributed by atoms with Crippen LogP contribution in [0.5, 0.6) is 0 Å². The van der Waals surface area contributed by atoms with E-state index in [9.17, 15) is 18.4 Å². The highest BCUT2D eigenvalue weighted by atomic mass is 19.1. The molecular formula is C18H16F2N2O2. The molecule has 0 aromatic heterocycles. The number of fused-ring (bicyclic) bond motifs is 1. The van der Waals surface area contributed by atoms with Gasteiger partial charge in [0, 0.05) is 19.2 Å². The van der Waals surface area contributed by atoms with Gasteiger partial charge in [0.15, 0.2) is 0 Å². The van der Waals surface area contributed by atoms with Gasteiger partial charge in [0.1, 0.15) is 17.7 Å². The Morgan fingerprint density at radius 2 is 2.00 bits per heavy atom. The summed E-state index contributed by atoms with van der Waals surface area (Å²) in [6.07, 6.45) is 0.245. The molecule has 2 aromatic rings. The lowest BCUT2D eigenvalue weighted by molar-refractivity contribution is -0.140. The number of rotatable bonds is 3. The average molecular weight is 330 g/mol. The number of nitrogens with one attached hydrogen (secondary N) is 1. The quantitative estimate of drug-likeness (QED) is 0.939. The lowest BCUT2D eigenvalue weighted by atomic mass is 9.92. The highest BCUT2D eigenvalue weighted by Crippen LogP contribution is 2.29. The lowest BCUT2D eigenvalue weighted by Gasteiger charge is -2.33. The normalized spacial score (nSPS) is 16.7. The Hall–Kier alpha value is -2.76. The molecule has 0 aliphatic carbocycles. The van der Waals surface area contributed by atoms with E-state index in [1.54, 1.807) is 19.2 Å². The van der Waals surface area contributed by atoms with Gasteiger partial charge in [0.05, 0.1) is 6.42 Å². The average Bonchev–Trinajstić information content (AvgIpc) is 2.56.